The maximum atomic E-state index is 15.6. The van der Waals surface area contributed by atoms with Crippen LogP contribution in [0.4, 0.5) is 4.39 Å². The molecule has 1 aromatic carbocycles. The Kier molecular flexibility index (Phi) is 5.40. The molecule has 9 heteroatoms. The first-order valence-electron chi connectivity index (χ1n) is 10.5. The first-order chi connectivity index (χ1) is 15.6. The molecule has 0 bridgehead atoms. The Balaban J connectivity index is 1.43. The summed E-state index contributed by atoms with van der Waals surface area (Å²) < 4.78 is 28.1. The number of aromatic nitrogens is 4. The lowest BCUT2D eigenvalue weighted by Gasteiger charge is -2.23. The topological polar surface area (TPSA) is 95.1 Å². The van der Waals surface area contributed by atoms with E-state index < -0.39 is 6.17 Å². The number of alkyl halides is 1. The average molecular weight is 435 g/mol. The van der Waals surface area contributed by atoms with Crippen molar-refractivity contribution in [2.75, 3.05) is 13.2 Å². The van der Waals surface area contributed by atoms with Crippen LogP contribution in [0.5, 0.6) is 0 Å². The number of hydrogen-bond donors (Lipinski definition) is 1. The smallest absolute Gasteiger partial charge is 0.270 e. The molecule has 1 amide bonds. The van der Waals surface area contributed by atoms with E-state index in [1.807, 2.05) is 0 Å². The van der Waals surface area contributed by atoms with Crippen LogP contribution in [0.2, 0.25) is 0 Å². The normalized spacial score (nSPS) is 15.7. The van der Waals surface area contributed by atoms with Crippen molar-refractivity contribution in [3.05, 3.63) is 65.7 Å². The summed E-state index contributed by atoms with van der Waals surface area (Å²) in [7, 11) is 1.79. The second kappa shape index (κ2) is 8.51. The van der Waals surface area contributed by atoms with Crippen LogP contribution < -0.4 is 5.32 Å². The fraction of sp³-hybridized carbons (Fsp3) is 0.304. The molecule has 5 rings (SSSR count). The van der Waals surface area contributed by atoms with Crippen molar-refractivity contribution in [2.45, 2.75) is 25.1 Å². The maximum absolute atomic E-state index is 15.6. The number of furan rings is 1. The number of carbonyl (C=O) groups is 1. The van der Waals surface area contributed by atoms with Crippen molar-refractivity contribution in [1.82, 2.24) is 25.3 Å². The molecule has 4 aromatic rings. The summed E-state index contributed by atoms with van der Waals surface area (Å²) in [6.45, 7) is 1.23. The van der Waals surface area contributed by atoms with Gasteiger partial charge in [-0.3, -0.25) is 9.48 Å². The van der Waals surface area contributed by atoms with Crippen LogP contribution in [-0.2, 0) is 11.8 Å². The van der Waals surface area contributed by atoms with E-state index in [9.17, 15) is 4.79 Å². The number of pyridine rings is 1. The molecular formula is C23H22FN5O3. The van der Waals surface area contributed by atoms with Gasteiger partial charge in [0, 0.05) is 43.5 Å². The van der Waals surface area contributed by atoms with Crippen LogP contribution in [0.3, 0.4) is 0 Å². The molecule has 4 heterocycles. The summed E-state index contributed by atoms with van der Waals surface area (Å²) in [5.41, 5.74) is 3.19. The van der Waals surface area contributed by atoms with Crippen molar-refractivity contribution >= 4 is 17.0 Å². The Labute approximate surface area is 183 Å². The largest absolute Gasteiger partial charge is 0.462 e. The average Bonchev–Trinajstić information content (AvgIpc) is 3.47. The monoisotopic (exact) mass is 435 g/mol. The van der Waals surface area contributed by atoms with Gasteiger partial charge in [0.25, 0.3) is 5.91 Å². The zero-order chi connectivity index (χ0) is 22.1. The Morgan fingerprint density at radius 2 is 2.00 bits per heavy atom. The van der Waals surface area contributed by atoms with Gasteiger partial charge in [0.15, 0.2) is 11.8 Å². The lowest BCUT2D eigenvalue weighted by Crippen LogP contribution is -2.39. The van der Waals surface area contributed by atoms with E-state index >= 15 is 4.39 Å². The highest BCUT2D eigenvalue weighted by Gasteiger charge is 2.24. The van der Waals surface area contributed by atoms with Gasteiger partial charge in [0.1, 0.15) is 16.9 Å². The van der Waals surface area contributed by atoms with Gasteiger partial charge in [-0.15, -0.1) is 5.10 Å². The molecule has 0 spiro atoms. The predicted molar refractivity (Wildman–Crippen MR) is 115 cm³/mol. The van der Waals surface area contributed by atoms with Crippen molar-refractivity contribution in [3.63, 3.8) is 0 Å². The van der Waals surface area contributed by atoms with E-state index in [0.717, 1.165) is 18.4 Å². The van der Waals surface area contributed by atoms with Gasteiger partial charge >= 0.3 is 0 Å². The van der Waals surface area contributed by atoms with Gasteiger partial charge in [0.2, 0.25) is 0 Å². The fourth-order valence-corrected chi connectivity index (χ4v) is 3.87. The zero-order valence-electron chi connectivity index (χ0n) is 17.5. The highest BCUT2D eigenvalue weighted by molar-refractivity contribution is 5.95. The first-order valence-corrected chi connectivity index (χ1v) is 10.5. The number of carbonyl (C=O) groups excluding carboxylic acids is 1. The minimum atomic E-state index is -1.49. The molecule has 1 atom stereocenters. The maximum Gasteiger partial charge on any atom is 0.270 e. The third-order valence-electron chi connectivity index (χ3n) is 5.60. The number of benzene rings is 1. The van der Waals surface area contributed by atoms with E-state index in [0.29, 0.717) is 35.6 Å². The third kappa shape index (κ3) is 3.99. The van der Waals surface area contributed by atoms with Crippen LogP contribution in [0.1, 0.15) is 40.6 Å². The van der Waals surface area contributed by atoms with Gasteiger partial charge in [0.05, 0.1) is 12.5 Å². The molecule has 164 valence electrons. The van der Waals surface area contributed by atoms with E-state index in [2.05, 4.69) is 20.6 Å². The molecule has 0 saturated carbocycles. The van der Waals surface area contributed by atoms with Crippen LogP contribution in [0.25, 0.3) is 22.4 Å². The number of ether oxygens (including phenoxy) is 1. The van der Waals surface area contributed by atoms with Crippen molar-refractivity contribution < 1.29 is 18.3 Å². The lowest BCUT2D eigenvalue weighted by molar-refractivity contribution is 0.0694. The van der Waals surface area contributed by atoms with Crippen LogP contribution in [0, 0.1) is 0 Å². The number of rotatable bonds is 5. The Morgan fingerprint density at radius 1 is 1.22 bits per heavy atom. The first kappa shape index (κ1) is 20.3. The summed E-state index contributed by atoms with van der Waals surface area (Å²) in [6.07, 6.45) is 3.25. The predicted octanol–water partition coefficient (Wildman–Crippen LogP) is 3.59. The third-order valence-corrected chi connectivity index (χ3v) is 5.60. The summed E-state index contributed by atoms with van der Waals surface area (Å²) in [4.78, 5) is 17.2. The molecule has 32 heavy (non-hydrogen) atoms. The Morgan fingerprint density at radius 3 is 2.72 bits per heavy atom. The van der Waals surface area contributed by atoms with E-state index in [-0.39, 0.29) is 23.2 Å². The number of halogens is 1. The Bertz CT molecular complexity index is 1240. The summed E-state index contributed by atoms with van der Waals surface area (Å²) in [5.74, 6) is -0.327. The number of amides is 1. The number of hydrogen-bond acceptors (Lipinski definition) is 6. The van der Waals surface area contributed by atoms with E-state index in [1.165, 1.54) is 12.3 Å². The molecule has 1 N–H and O–H groups in total. The van der Waals surface area contributed by atoms with Crippen molar-refractivity contribution in [3.8, 4) is 11.3 Å². The Hall–Kier alpha value is -3.59. The number of nitrogens with one attached hydrogen (secondary N) is 1. The highest BCUT2D eigenvalue weighted by Crippen LogP contribution is 2.33. The molecular weight excluding hydrogens is 413 g/mol. The van der Waals surface area contributed by atoms with Gasteiger partial charge in [-0.25, -0.2) is 9.37 Å². The number of nitrogens with zero attached hydrogens (tertiary/aromatic N) is 4. The molecule has 0 radical (unpaired) electrons. The summed E-state index contributed by atoms with van der Waals surface area (Å²) >= 11 is 0. The van der Waals surface area contributed by atoms with Gasteiger partial charge in [-0.1, -0.05) is 29.5 Å². The van der Waals surface area contributed by atoms with Crippen LogP contribution in [-0.4, -0.2) is 45.1 Å². The molecule has 0 aliphatic carbocycles. The van der Waals surface area contributed by atoms with E-state index in [1.54, 1.807) is 48.3 Å². The second-order valence-electron chi connectivity index (χ2n) is 7.85. The van der Waals surface area contributed by atoms with E-state index in [4.69, 9.17) is 9.15 Å². The van der Waals surface area contributed by atoms with Gasteiger partial charge in [-0.05, 0) is 24.5 Å². The molecule has 3 aromatic heterocycles. The minimum Gasteiger partial charge on any atom is -0.462 e. The molecule has 1 aliphatic heterocycles. The summed E-state index contributed by atoms with van der Waals surface area (Å²) in [5, 5.41) is 11.0. The standard InChI is InChI=1S/C23H22FN5O3/c1-29-13-20(27-28-29)14-2-4-15(5-3-14)21(24)17-12-19(26-18-8-11-32-22(17)18)23(30)25-16-6-9-31-10-7-16/h2-5,8,11-13,16,21H,6-7,9-10H2,1H3,(H,25,30). The van der Waals surface area contributed by atoms with Crippen LogP contribution in [0.15, 0.2) is 53.3 Å². The zero-order valence-corrected chi connectivity index (χ0v) is 17.5. The highest BCUT2D eigenvalue weighted by atomic mass is 19.1. The molecule has 1 fully saturated rings. The fourth-order valence-electron chi connectivity index (χ4n) is 3.87. The molecule has 1 saturated heterocycles. The number of fused-ring (bicyclic) bond motifs is 1. The molecule has 8 nitrogen and oxygen atoms in total. The van der Waals surface area contributed by atoms with Crippen LogP contribution >= 0.6 is 0 Å². The number of aryl methyl sites for hydroxylation is 1. The van der Waals surface area contributed by atoms with Gasteiger partial charge in [-0.2, -0.15) is 0 Å². The lowest BCUT2D eigenvalue weighted by atomic mass is 10.00. The van der Waals surface area contributed by atoms with Crippen molar-refractivity contribution in [1.29, 1.82) is 0 Å². The summed E-state index contributed by atoms with van der Waals surface area (Å²) in [6, 6.07) is 10.1. The SMILES string of the molecule is Cn1cc(-c2ccc(C(F)c3cc(C(=O)NC4CCOCC4)nc4ccoc34)cc2)nn1. The minimum absolute atomic E-state index is 0.0244. The van der Waals surface area contributed by atoms with Crippen molar-refractivity contribution in [2.24, 2.45) is 7.05 Å². The van der Waals surface area contributed by atoms with Gasteiger partial charge < -0.3 is 14.5 Å². The molecule has 1 aliphatic rings. The molecule has 1 unspecified atom stereocenters. The quantitative estimate of drug-likeness (QED) is 0.515. The second-order valence-corrected chi connectivity index (χ2v) is 7.85.